The largest absolute Gasteiger partial charge is 0.416 e. The van der Waals surface area contributed by atoms with Crippen LogP contribution in [0.1, 0.15) is 16.7 Å². The predicted octanol–water partition coefficient (Wildman–Crippen LogP) is 2.90. The zero-order valence-electron chi connectivity index (χ0n) is 16.5. The number of guanidine groups is 1. The Hall–Kier alpha value is -3.10. The Kier molecular flexibility index (Phi) is 8.20. The van der Waals surface area contributed by atoms with Gasteiger partial charge in [0.2, 0.25) is 5.91 Å². The number of nitrogens with two attached hydrogens (primary N) is 1. The first-order valence-corrected chi connectivity index (χ1v) is 9.33. The molecule has 0 heterocycles. The van der Waals surface area contributed by atoms with E-state index in [1.807, 2.05) is 0 Å². The van der Waals surface area contributed by atoms with Crippen LogP contribution in [0.2, 0.25) is 0 Å². The Morgan fingerprint density at radius 2 is 1.63 bits per heavy atom. The fourth-order valence-electron chi connectivity index (χ4n) is 2.80. The van der Waals surface area contributed by atoms with E-state index >= 15 is 0 Å². The van der Waals surface area contributed by atoms with Crippen molar-refractivity contribution in [1.82, 2.24) is 10.6 Å². The molecular formula is C21H24F4N4O. The van der Waals surface area contributed by atoms with Gasteiger partial charge in [-0.3, -0.25) is 9.79 Å². The number of benzene rings is 2. The topological polar surface area (TPSA) is 79.5 Å². The van der Waals surface area contributed by atoms with Crippen LogP contribution in [0.25, 0.3) is 0 Å². The molecule has 0 aliphatic rings. The molecule has 1 amide bonds. The molecule has 2 aromatic rings. The van der Waals surface area contributed by atoms with Gasteiger partial charge in [0.25, 0.3) is 0 Å². The molecule has 0 aliphatic carbocycles. The summed E-state index contributed by atoms with van der Waals surface area (Å²) in [5, 5.41) is 6.06. The summed E-state index contributed by atoms with van der Waals surface area (Å²) in [6.07, 6.45) is -3.51. The average molecular weight is 424 g/mol. The van der Waals surface area contributed by atoms with Gasteiger partial charge in [-0.2, -0.15) is 13.2 Å². The Morgan fingerprint density at radius 1 is 1.03 bits per heavy atom. The number of halogens is 4. The highest BCUT2D eigenvalue weighted by Gasteiger charge is 2.29. The Morgan fingerprint density at radius 3 is 2.17 bits per heavy atom. The number of rotatable bonds is 8. The number of nitrogens with zero attached hydrogens (tertiary/aromatic N) is 1. The highest BCUT2D eigenvalue weighted by atomic mass is 19.4. The highest BCUT2D eigenvalue weighted by Crippen LogP contribution is 2.29. The first-order valence-electron chi connectivity index (χ1n) is 9.33. The quantitative estimate of drug-likeness (QED) is 0.346. The number of hydrogen-bond acceptors (Lipinski definition) is 2. The zero-order chi connectivity index (χ0) is 22.1. The van der Waals surface area contributed by atoms with Crippen molar-refractivity contribution in [2.75, 3.05) is 20.1 Å². The molecule has 0 aliphatic heterocycles. The second-order valence-corrected chi connectivity index (χ2v) is 6.75. The smallest absolute Gasteiger partial charge is 0.369 e. The van der Waals surface area contributed by atoms with E-state index in [2.05, 4.69) is 15.6 Å². The number of carbonyl (C=O) groups excluding carboxylic acids is 1. The first-order chi connectivity index (χ1) is 14.2. The minimum absolute atomic E-state index is 0.229. The molecule has 0 radical (unpaired) electrons. The maximum absolute atomic E-state index is 13.0. The summed E-state index contributed by atoms with van der Waals surface area (Å²) in [5.74, 6) is -0.937. The van der Waals surface area contributed by atoms with Crippen LogP contribution in [0.5, 0.6) is 0 Å². The number of amides is 1. The standard InChI is InChI=1S/C21H24F4N4O/c1-27-20(28-11-10-14-2-6-17(7-3-14)21(23,24)25)29-13-16(19(26)30)12-15-4-8-18(22)9-5-15/h2-9,16H,10-13H2,1H3,(H2,26,30)(H2,27,28,29). The molecule has 0 aromatic heterocycles. The summed E-state index contributed by atoms with van der Waals surface area (Å²) in [7, 11) is 1.56. The van der Waals surface area contributed by atoms with Crippen LogP contribution in [-0.4, -0.2) is 32.0 Å². The molecule has 1 unspecified atom stereocenters. The molecule has 0 bridgehead atoms. The number of aliphatic imine (C=N–C) groups is 1. The molecule has 30 heavy (non-hydrogen) atoms. The second-order valence-electron chi connectivity index (χ2n) is 6.75. The molecule has 2 rings (SSSR count). The lowest BCUT2D eigenvalue weighted by molar-refractivity contribution is -0.137. The van der Waals surface area contributed by atoms with Crippen molar-refractivity contribution >= 4 is 11.9 Å². The Labute approximate surface area is 172 Å². The minimum atomic E-state index is -4.35. The van der Waals surface area contributed by atoms with Crippen LogP contribution in [0.4, 0.5) is 17.6 Å². The van der Waals surface area contributed by atoms with Crippen LogP contribution in [-0.2, 0) is 23.8 Å². The van der Waals surface area contributed by atoms with Gasteiger partial charge in [0, 0.05) is 20.1 Å². The Balaban J connectivity index is 1.82. The lowest BCUT2D eigenvalue weighted by Crippen LogP contribution is -2.43. The van der Waals surface area contributed by atoms with Crippen molar-refractivity contribution in [3.05, 3.63) is 71.0 Å². The summed E-state index contributed by atoms with van der Waals surface area (Å²) < 4.78 is 50.8. The van der Waals surface area contributed by atoms with E-state index in [0.717, 1.165) is 23.3 Å². The van der Waals surface area contributed by atoms with Crippen molar-refractivity contribution in [2.45, 2.75) is 19.0 Å². The fourth-order valence-corrected chi connectivity index (χ4v) is 2.80. The molecule has 9 heteroatoms. The van der Waals surface area contributed by atoms with Crippen molar-refractivity contribution in [3.63, 3.8) is 0 Å². The summed E-state index contributed by atoms with van der Waals surface area (Å²) in [6.45, 7) is 0.664. The molecule has 2 aromatic carbocycles. The minimum Gasteiger partial charge on any atom is -0.369 e. The van der Waals surface area contributed by atoms with Crippen LogP contribution in [0.15, 0.2) is 53.5 Å². The summed E-state index contributed by atoms with van der Waals surface area (Å²) in [5.41, 5.74) is 6.31. The maximum Gasteiger partial charge on any atom is 0.416 e. The van der Waals surface area contributed by atoms with Gasteiger partial charge in [-0.25, -0.2) is 4.39 Å². The first kappa shape index (κ1) is 23.2. The third-order valence-electron chi connectivity index (χ3n) is 4.52. The predicted molar refractivity (Wildman–Crippen MR) is 107 cm³/mol. The van der Waals surface area contributed by atoms with Crippen LogP contribution in [0.3, 0.4) is 0 Å². The third-order valence-corrected chi connectivity index (χ3v) is 4.52. The highest BCUT2D eigenvalue weighted by molar-refractivity contribution is 5.81. The van der Waals surface area contributed by atoms with Gasteiger partial charge in [-0.05, 0) is 48.2 Å². The van der Waals surface area contributed by atoms with E-state index in [0.29, 0.717) is 25.3 Å². The number of nitrogens with one attached hydrogen (secondary N) is 2. The second kappa shape index (κ2) is 10.6. The number of alkyl halides is 3. The van der Waals surface area contributed by atoms with Crippen LogP contribution in [0, 0.1) is 11.7 Å². The van der Waals surface area contributed by atoms with Gasteiger partial charge in [0.1, 0.15) is 5.82 Å². The Bertz CT molecular complexity index is 849. The molecule has 0 saturated heterocycles. The lowest BCUT2D eigenvalue weighted by atomic mass is 9.98. The van der Waals surface area contributed by atoms with E-state index in [4.69, 9.17) is 5.73 Å². The average Bonchev–Trinajstić information content (AvgIpc) is 2.70. The van der Waals surface area contributed by atoms with E-state index in [-0.39, 0.29) is 12.4 Å². The van der Waals surface area contributed by atoms with Gasteiger partial charge in [-0.15, -0.1) is 0 Å². The molecule has 0 fully saturated rings. The van der Waals surface area contributed by atoms with Crippen molar-refractivity contribution in [3.8, 4) is 0 Å². The molecule has 0 saturated carbocycles. The fraction of sp³-hybridized carbons (Fsp3) is 0.333. The molecule has 1 atom stereocenters. The van der Waals surface area contributed by atoms with E-state index in [1.165, 1.54) is 24.3 Å². The van der Waals surface area contributed by atoms with Gasteiger partial charge in [0.05, 0.1) is 11.5 Å². The lowest BCUT2D eigenvalue weighted by Gasteiger charge is -2.17. The molecule has 0 spiro atoms. The van der Waals surface area contributed by atoms with E-state index in [9.17, 15) is 22.4 Å². The SMILES string of the molecule is CN=C(NCCc1ccc(C(F)(F)F)cc1)NCC(Cc1ccc(F)cc1)C(N)=O. The van der Waals surface area contributed by atoms with Crippen molar-refractivity contribution in [2.24, 2.45) is 16.6 Å². The van der Waals surface area contributed by atoms with Gasteiger partial charge >= 0.3 is 6.18 Å². The zero-order valence-corrected chi connectivity index (χ0v) is 16.5. The van der Waals surface area contributed by atoms with Gasteiger partial charge in [0.15, 0.2) is 5.96 Å². The van der Waals surface area contributed by atoms with Crippen molar-refractivity contribution in [1.29, 1.82) is 0 Å². The van der Waals surface area contributed by atoms with Crippen LogP contribution >= 0.6 is 0 Å². The number of hydrogen-bond donors (Lipinski definition) is 3. The maximum atomic E-state index is 13.0. The number of carbonyl (C=O) groups is 1. The molecule has 5 nitrogen and oxygen atoms in total. The molecule has 162 valence electrons. The molecule has 4 N–H and O–H groups in total. The van der Waals surface area contributed by atoms with Gasteiger partial charge < -0.3 is 16.4 Å². The van der Waals surface area contributed by atoms with E-state index in [1.54, 1.807) is 19.2 Å². The monoisotopic (exact) mass is 424 g/mol. The summed E-state index contributed by atoms with van der Waals surface area (Å²) >= 11 is 0. The molecular weight excluding hydrogens is 400 g/mol. The van der Waals surface area contributed by atoms with Gasteiger partial charge in [-0.1, -0.05) is 24.3 Å². The summed E-state index contributed by atoms with van der Waals surface area (Å²) in [4.78, 5) is 15.8. The number of primary amides is 1. The van der Waals surface area contributed by atoms with E-state index < -0.39 is 23.6 Å². The van der Waals surface area contributed by atoms with Crippen molar-refractivity contribution < 1.29 is 22.4 Å². The third kappa shape index (κ3) is 7.38. The van der Waals surface area contributed by atoms with Crippen LogP contribution < -0.4 is 16.4 Å². The summed E-state index contributed by atoms with van der Waals surface area (Å²) in [6, 6.07) is 10.8. The normalized spacial score (nSPS) is 13.0.